The van der Waals surface area contributed by atoms with Gasteiger partial charge in [0.25, 0.3) is 0 Å². The number of hydrogen-bond donors (Lipinski definition) is 2. The molecular formula is C48H56F3N5O8S2. The lowest BCUT2D eigenvalue weighted by molar-refractivity contribution is -0.274. The topological polar surface area (TPSA) is 166 Å². The van der Waals surface area contributed by atoms with Gasteiger partial charge in [-0.25, -0.2) is 18.4 Å². The molecule has 66 heavy (non-hydrogen) atoms. The fraction of sp³-hybridized carbons (Fsp3) is 0.479. The van der Waals surface area contributed by atoms with Crippen LogP contribution in [0.2, 0.25) is 0 Å². The molecule has 2 aromatic carbocycles. The van der Waals surface area contributed by atoms with Crippen LogP contribution < -0.4 is 24.2 Å². The van der Waals surface area contributed by atoms with Gasteiger partial charge < -0.3 is 24.4 Å². The summed E-state index contributed by atoms with van der Waals surface area (Å²) in [5.74, 6) is -1.47. The molecule has 354 valence electrons. The Labute approximate surface area is 387 Å². The summed E-state index contributed by atoms with van der Waals surface area (Å²) < 4.78 is 84.4. The number of aryl methyl sites for hydroxylation is 1. The SMILES string of the molecule is C=CCCCCC[C@H](Nc1cccc(OC(F)(F)F)c1)C(=O)N1C[C@H](Oc2cc(-c3nc(C(C)C)cs3)nc3c(C)c(OC)ccc23)C[C@H]1C(=O)C[C@]1(C(=O)NS(=O)(=O)C2CC2)C[C@H]1C=C. The number of aromatic nitrogens is 2. The highest BCUT2D eigenvalue weighted by atomic mass is 32.2. The van der Waals surface area contributed by atoms with Gasteiger partial charge in [-0.05, 0) is 81.5 Å². The van der Waals surface area contributed by atoms with Crippen molar-refractivity contribution in [3.05, 3.63) is 84.4 Å². The summed E-state index contributed by atoms with van der Waals surface area (Å²) >= 11 is 1.45. The Balaban J connectivity index is 1.24. The summed E-state index contributed by atoms with van der Waals surface area (Å²) in [6, 6.07) is 8.51. The van der Waals surface area contributed by atoms with E-state index in [0.29, 0.717) is 52.4 Å². The van der Waals surface area contributed by atoms with Crippen molar-refractivity contribution in [2.45, 2.75) is 121 Å². The molecule has 2 amide bonds. The van der Waals surface area contributed by atoms with Gasteiger partial charge in [-0.15, -0.1) is 37.7 Å². The van der Waals surface area contributed by atoms with E-state index in [9.17, 15) is 31.2 Å². The molecule has 3 heterocycles. The molecule has 0 unspecified atom stereocenters. The first-order valence-electron chi connectivity index (χ1n) is 22.2. The first-order chi connectivity index (χ1) is 31.4. The predicted molar refractivity (Wildman–Crippen MR) is 247 cm³/mol. The lowest BCUT2D eigenvalue weighted by Crippen LogP contribution is -2.49. The van der Waals surface area contributed by atoms with Gasteiger partial charge in [0.15, 0.2) is 5.78 Å². The summed E-state index contributed by atoms with van der Waals surface area (Å²) in [5.41, 5.74) is 1.64. The summed E-state index contributed by atoms with van der Waals surface area (Å²) in [5, 5.41) is 5.77. The predicted octanol–water partition coefficient (Wildman–Crippen LogP) is 9.42. The molecule has 2 N–H and O–H groups in total. The van der Waals surface area contributed by atoms with E-state index >= 15 is 4.79 Å². The van der Waals surface area contributed by atoms with E-state index in [2.05, 4.69) is 41.8 Å². The van der Waals surface area contributed by atoms with E-state index in [0.717, 1.165) is 42.7 Å². The number of nitrogens with zero attached hydrogens (tertiary/aromatic N) is 3. The molecule has 3 fully saturated rings. The summed E-state index contributed by atoms with van der Waals surface area (Å²) in [7, 11) is -2.37. The molecule has 18 heteroatoms. The number of halogens is 3. The second kappa shape index (κ2) is 19.8. The number of alkyl halides is 3. The largest absolute Gasteiger partial charge is 0.573 e. The number of ether oxygens (including phenoxy) is 3. The second-order valence-corrected chi connectivity index (χ2v) is 20.5. The van der Waals surface area contributed by atoms with Crippen LogP contribution >= 0.6 is 11.3 Å². The average molecular weight is 952 g/mol. The maximum atomic E-state index is 15.0. The summed E-state index contributed by atoms with van der Waals surface area (Å²) in [6.07, 6.45) is 1.47. The van der Waals surface area contributed by atoms with Crippen molar-refractivity contribution in [2.75, 3.05) is 19.0 Å². The number of hydrogen-bond acceptors (Lipinski definition) is 12. The number of unbranched alkanes of at least 4 members (excludes halogenated alkanes) is 3. The van der Waals surface area contributed by atoms with Gasteiger partial charge in [0, 0.05) is 47.0 Å². The number of pyridine rings is 1. The number of carbonyl (C=O) groups is 3. The molecule has 7 rings (SSSR count). The van der Waals surface area contributed by atoms with Crippen LogP contribution in [0.25, 0.3) is 21.6 Å². The van der Waals surface area contributed by atoms with Crippen LogP contribution in [0.15, 0.2) is 73.2 Å². The van der Waals surface area contributed by atoms with E-state index in [1.165, 1.54) is 28.4 Å². The Morgan fingerprint density at radius 3 is 2.48 bits per heavy atom. The van der Waals surface area contributed by atoms with E-state index in [1.807, 2.05) is 24.4 Å². The number of thiazole rings is 1. The van der Waals surface area contributed by atoms with Crippen LogP contribution in [-0.4, -0.2) is 84.3 Å². The standard InChI is InChI=1S/C48H56F3N5O8S2/c1-7-9-10-11-12-16-36(52-31-14-13-15-32(21-31)64-48(49,50)51)45(58)56-26-33(22-39(56)40(57)25-47(24-30(47)8-2)46(59)55-66(60,61)34-17-18-34)63-42-23-37(44-54-38(27-65-44)28(3)4)53-43-29(5)41(62-6)20-19-35(42)43/h7-8,13-15,19-21,23,27-28,30,33-34,36,39,52H,1-2,9-12,16-18,22,24-26H2,3-6H3,(H,55,59)/t30-,33-,36+,39+,47-/m1/s1. The Hall–Kier alpha value is -5.49. The molecule has 2 aliphatic carbocycles. The molecule has 1 aliphatic heterocycles. The summed E-state index contributed by atoms with van der Waals surface area (Å²) in [4.78, 5) is 54.9. The number of anilines is 1. The Bertz CT molecular complexity index is 2600. The average Bonchev–Trinajstić information content (AvgIpc) is 4.15. The highest BCUT2D eigenvalue weighted by molar-refractivity contribution is 7.90. The van der Waals surface area contributed by atoms with Crippen LogP contribution in [0.5, 0.6) is 17.2 Å². The van der Waals surface area contributed by atoms with E-state index in [4.69, 9.17) is 19.4 Å². The molecule has 5 atom stereocenters. The van der Waals surface area contributed by atoms with Crippen LogP contribution in [0.3, 0.4) is 0 Å². The third-order valence-corrected chi connectivity index (χ3v) is 15.3. The molecule has 2 aromatic heterocycles. The fourth-order valence-electron chi connectivity index (χ4n) is 8.65. The van der Waals surface area contributed by atoms with Crippen molar-refractivity contribution in [1.82, 2.24) is 19.6 Å². The van der Waals surface area contributed by atoms with Gasteiger partial charge in [-0.3, -0.25) is 19.1 Å². The third-order valence-electron chi connectivity index (χ3n) is 12.6. The number of amides is 2. The van der Waals surface area contributed by atoms with Gasteiger partial charge in [-0.1, -0.05) is 44.9 Å². The number of methoxy groups -OCH3 is 1. The minimum atomic E-state index is -4.94. The highest BCUT2D eigenvalue weighted by Crippen LogP contribution is 2.57. The lowest BCUT2D eigenvalue weighted by atomic mass is 9.91. The van der Waals surface area contributed by atoms with Crippen LogP contribution in [-0.2, 0) is 24.4 Å². The number of fused-ring (bicyclic) bond motifs is 1. The van der Waals surface area contributed by atoms with Gasteiger partial charge in [0.05, 0.1) is 41.6 Å². The Kier molecular flexibility index (Phi) is 14.5. The third kappa shape index (κ3) is 11.0. The number of allylic oxidation sites excluding steroid dienone is 2. The number of Topliss-reactive ketones (excluding diaryl/α,β-unsaturated/α-hetero) is 1. The highest BCUT2D eigenvalue weighted by Gasteiger charge is 2.61. The van der Waals surface area contributed by atoms with Gasteiger partial charge in [-0.2, -0.15) is 0 Å². The van der Waals surface area contributed by atoms with Crippen molar-refractivity contribution in [3.8, 4) is 28.0 Å². The zero-order valence-electron chi connectivity index (χ0n) is 37.5. The van der Waals surface area contributed by atoms with Gasteiger partial charge in [0.2, 0.25) is 21.8 Å². The van der Waals surface area contributed by atoms with E-state index in [-0.39, 0.29) is 43.8 Å². The number of rotatable bonds is 22. The fourth-order valence-corrected chi connectivity index (χ4v) is 11.0. The van der Waals surface area contributed by atoms with Crippen LogP contribution in [0, 0.1) is 18.3 Å². The minimum absolute atomic E-state index is 0.0192. The van der Waals surface area contributed by atoms with Gasteiger partial charge >= 0.3 is 6.36 Å². The van der Waals surface area contributed by atoms with Crippen molar-refractivity contribution >= 4 is 55.5 Å². The zero-order chi connectivity index (χ0) is 47.6. The maximum Gasteiger partial charge on any atom is 0.573 e. The second-order valence-electron chi connectivity index (χ2n) is 17.7. The number of likely N-dealkylation sites (tertiary alicyclic amines) is 1. The molecule has 4 aromatic rings. The number of benzene rings is 2. The zero-order valence-corrected chi connectivity index (χ0v) is 39.1. The van der Waals surface area contributed by atoms with Crippen LogP contribution in [0.1, 0.15) is 95.2 Å². The Morgan fingerprint density at radius 1 is 1.06 bits per heavy atom. The molecule has 3 aliphatic rings. The van der Waals surface area contributed by atoms with Crippen molar-refractivity contribution in [3.63, 3.8) is 0 Å². The normalized spacial score (nSPS) is 21.0. The van der Waals surface area contributed by atoms with Gasteiger partial charge in [0.1, 0.15) is 40.1 Å². The monoisotopic (exact) mass is 951 g/mol. The molecular weight excluding hydrogens is 896 g/mol. The first-order valence-corrected chi connectivity index (χ1v) is 24.6. The number of carbonyl (C=O) groups excluding carboxylic acids is 3. The molecule has 0 radical (unpaired) electrons. The van der Waals surface area contributed by atoms with E-state index in [1.54, 1.807) is 25.3 Å². The van der Waals surface area contributed by atoms with E-state index < -0.39 is 74.5 Å². The molecule has 13 nitrogen and oxygen atoms in total. The lowest BCUT2D eigenvalue weighted by Gasteiger charge is -2.30. The quantitative estimate of drug-likeness (QED) is 0.0569. The van der Waals surface area contributed by atoms with Crippen molar-refractivity contribution < 1.29 is 50.2 Å². The van der Waals surface area contributed by atoms with Crippen molar-refractivity contribution in [1.29, 1.82) is 0 Å². The number of sulfonamides is 1. The van der Waals surface area contributed by atoms with Crippen molar-refractivity contribution in [2.24, 2.45) is 11.3 Å². The first kappa shape index (κ1) is 48.4. The summed E-state index contributed by atoms with van der Waals surface area (Å²) in [6.45, 7) is 13.5. The number of ketones is 1. The van der Waals surface area contributed by atoms with Crippen LogP contribution in [0.4, 0.5) is 18.9 Å². The Morgan fingerprint density at radius 2 is 1.83 bits per heavy atom. The smallest absolute Gasteiger partial charge is 0.496 e. The minimum Gasteiger partial charge on any atom is -0.496 e. The molecule has 1 saturated heterocycles. The number of nitrogens with one attached hydrogen (secondary N) is 2. The molecule has 0 bridgehead atoms. The molecule has 2 saturated carbocycles. The maximum absolute atomic E-state index is 15.0. The molecule has 0 spiro atoms.